The van der Waals surface area contributed by atoms with E-state index in [2.05, 4.69) is 27.9 Å². The largest absolute Gasteiger partial charge is 0.491 e. The number of carbonyl (C=O) groups excluding carboxylic acids is 1. The first-order chi connectivity index (χ1) is 13.0. The number of ether oxygens (including phenoxy) is 1. The number of amides is 1. The van der Waals surface area contributed by atoms with E-state index in [1.807, 2.05) is 56.4 Å². The molecule has 1 N–H and O–H groups in total. The van der Waals surface area contributed by atoms with E-state index in [0.29, 0.717) is 18.7 Å². The van der Waals surface area contributed by atoms with Crippen LogP contribution < -0.4 is 10.1 Å². The van der Waals surface area contributed by atoms with Crippen LogP contribution in [-0.4, -0.2) is 28.6 Å². The average molecular weight is 363 g/mol. The summed E-state index contributed by atoms with van der Waals surface area (Å²) in [6, 6.07) is 13.6. The number of aryl methyl sites for hydroxylation is 2. The Kier molecular flexibility index (Phi) is 5.91. The Morgan fingerprint density at radius 3 is 2.59 bits per heavy atom. The highest BCUT2D eigenvalue weighted by atomic mass is 16.5. The van der Waals surface area contributed by atoms with Crippen LogP contribution in [0, 0.1) is 20.8 Å². The lowest BCUT2D eigenvalue weighted by atomic mass is 10.1. The van der Waals surface area contributed by atoms with Crippen molar-refractivity contribution in [2.24, 2.45) is 0 Å². The Morgan fingerprint density at radius 1 is 1.11 bits per heavy atom. The van der Waals surface area contributed by atoms with Crippen LogP contribution in [-0.2, 0) is 6.54 Å². The van der Waals surface area contributed by atoms with Gasteiger partial charge in [-0.05, 0) is 55.7 Å². The second-order valence-electron chi connectivity index (χ2n) is 6.60. The highest BCUT2D eigenvalue weighted by Crippen LogP contribution is 2.20. The molecule has 0 radical (unpaired) electrons. The minimum absolute atomic E-state index is 0.0927. The van der Waals surface area contributed by atoms with Crippen molar-refractivity contribution in [2.75, 3.05) is 13.2 Å². The van der Waals surface area contributed by atoms with Crippen molar-refractivity contribution in [3.05, 3.63) is 82.9 Å². The summed E-state index contributed by atoms with van der Waals surface area (Å²) in [7, 11) is 0. The van der Waals surface area contributed by atoms with Gasteiger partial charge in [0.05, 0.1) is 6.54 Å². The van der Waals surface area contributed by atoms with Crippen molar-refractivity contribution in [2.45, 2.75) is 27.3 Å². The summed E-state index contributed by atoms with van der Waals surface area (Å²) in [6.45, 7) is 7.72. The summed E-state index contributed by atoms with van der Waals surface area (Å²) in [5.74, 6) is 1.74. The molecule has 1 heterocycles. The molecule has 2 aromatic carbocycles. The number of carbonyl (C=O) groups is 1. The fraction of sp³-hybridized carbons (Fsp3) is 0.273. The molecule has 5 nitrogen and oxygen atoms in total. The van der Waals surface area contributed by atoms with E-state index in [-0.39, 0.29) is 5.91 Å². The molecule has 0 spiro atoms. The Morgan fingerprint density at radius 2 is 1.89 bits per heavy atom. The molecule has 140 valence electrons. The van der Waals surface area contributed by atoms with Gasteiger partial charge in [0.25, 0.3) is 5.91 Å². The van der Waals surface area contributed by atoms with Crippen LogP contribution in [0.2, 0.25) is 0 Å². The summed E-state index contributed by atoms with van der Waals surface area (Å²) < 4.78 is 7.84. The van der Waals surface area contributed by atoms with Crippen molar-refractivity contribution in [1.29, 1.82) is 0 Å². The monoisotopic (exact) mass is 363 g/mol. The van der Waals surface area contributed by atoms with E-state index in [1.54, 1.807) is 6.20 Å². The number of hydrogen-bond donors (Lipinski definition) is 1. The van der Waals surface area contributed by atoms with E-state index >= 15 is 0 Å². The van der Waals surface area contributed by atoms with Gasteiger partial charge in [0.2, 0.25) is 0 Å². The maximum absolute atomic E-state index is 12.3. The van der Waals surface area contributed by atoms with Gasteiger partial charge >= 0.3 is 0 Å². The van der Waals surface area contributed by atoms with E-state index in [0.717, 1.165) is 29.2 Å². The number of nitrogens with zero attached hydrogens (tertiary/aromatic N) is 2. The van der Waals surface area contributed by atoms with E-state index < -0.39 is 0 Å². The van der Waals surface area contributed by atoms with Crippen LogP contribution >= 0.6 is 0 Å². The first-order valence-corrected chi connectivity index (χ1v) is 9.08. The maximum atomic E-state index is 12.3. The molecule has 0 fully saturated rings. The number of nitrogens with one attached hydrogen (secondary N) is 1. The molecule has 1 amide bonds. The Labute approximate surface area is 160 Å². The zero-order chi connectivity index (χ0) is 19.2. The van der Waals surface area contributed by atoms with Gasteiger partial charge in [0.15, 0.2) is 0 Å². The quantitative estimate of drug-likeness (QED) is 0.652. The highest BCUT2D eigenvalue weighted by Gasteiger charge is 2.06. The molecule has 0 saturated heterocycles. The zero-order valence-corrected chi connectivity index (χ0v) is 16.0. The molecule has 0 bridgehead atoms. The van der Waals surface area contributed by atoms with Crippen LogP contribution in [0.4, 0.5) is 0 Å². The second-order valence-corrected chi connectivity index (χ2v) is 6.60. The summed E-state index contributed by atoms with van der Waals surface area (Å²) in [5, 5.41) is 2.90. The Balaban J connectivity index is 1.48. The molecular formula is C22H25N3O2. The predicted octanol–water partition coefficient (Wildman–Crippen LogP) is 3.67. The average Bonchev–Trinajstić information content (AvgIpc) is 3.07. The number of benzene rings is 2. The standard InChI is InChI=1S/C22H25N3O2/c1-16-5-4-6-21(17(16)2)27-14-12-24-22(26)20-9-7-19(8-10-20)15-25-13-11-23-18(25)3/h4-11,13H,12,14-15H2,1-3H3,(H,24,26). The third-order valence-electron chi connectivity index (χ3n) is 4.69. The summed E-state index contributed by atoms with van der Waals surface area (Å²) >= 11 is 0. The SMILES string of the molecule is Cc1cccc(OCCNC(=O)c2ccc(Cn3ccnc3C)cc2)c1C. The third kappa shape index (κ3) is 4.76. The molecular weight excluding hydrogens is 338 g/mol. The Bertz CT molecular complexity index is 914. The molecule has 5 heteroatoms. The van der Waals surface area contributed by atoms with Crippen LogP contribution in [0.1, 0.15) is 32.9 Å². The predicted molar refractivity (Wildman–Crippen MR) is 106 cm³/mol. The van der Waals surface area contributed by atoms with Crippen molar-refractivity contribution < 1.29 is 9.53 Å². The van der Waals surface area contributed by atoms with Gasteiger partial charge in [-0.25, -0.2) is 4.98 Å². The molecule has 1 aromatic heterocycles. The first-order valence-electron chi connectivity index (χ1n) is 9.08. The van der Waals surface area contributed by atoms with Crippen LogP contribution in [0.5, 0.6) is 5.75 Å². The lowest BCUT2D eigenvalue weighted by Crippen LogP contribution is -2.28. The normalized spacial score (nSPS) is 10.6. The van der Waals surface area contributed by atoms with Gasteiger partial charge in [0.1, 0.15) is 18.2 Å². The molecule has 0 unspecified atom stereocenters. The number of rotatable bonds is 7. The summed E-state index contributed by atoms with van der Waals surface area (Å²) in [5.41, 5.74) is 4.11. The lowest BCUT2D eigenvalue weighted by molar-refractivity contribution is 0.0947. The maximum Gasteiger partial charge on any atom is 0.251 e. The third-order valence-corrected chi connectivity index (χ3v) is 4.69. The summed E-state index contributed by atoms with van der Waals surface area (Å²) in [4.78, 5) is 16.5. The zero-order valence-electron chi connectivity index (χ0n) is 16.0. The fourth-order valence-electron chi connectivity index (χ4n) is 2.84. The van der Waals surface area contributed by atoms with Gasteiger partial charge in [0, 0.05) is 24.5 Å². The van der Waals surface area contributed by atoms with Gasteiger partial charge in [-0.1, -0.05) is 24.3 Å². The van der Waals surface area contributed by atoms with E-state index in [4.69, 9.17) is 4.74 Å². The topological polar surface area (TPSA) is 56.1 Å². The fourth-order valence-corrected chi connectivity index (χ4v) is 2.84. The highest BCUT2D eigenvalue weighted by molar-refractivity contribution is 5.94. The lowest BCUT2D eigenvalue weighted by Gasteiger charge is -2.11. The number of hydrogen-bond acceptors (Lipinski definition) is 3. The number of aromatic nitrogens is 2. The molecule has 0 atom stereocenters. The first kappa shape index (κ1) is 18.7. The summed E-state index contributed by atoms with van der Waals surface area (Å²) in [6.07, 6.45) is 3.74. The second kappa shape index (κ2) is 8.54. The molecule has 3 rings (SSSR count). The van der Waals surface area contributed by atoms with Crippen molar-refractivity contribution in [3.8, 4) is 5.75 Å². The van der Waals surface area contributed by atoms with Gasteiger partial charge in [-0.2, -0.15) is 0 Å². The molecule has 0 aliphatic rings. The minimum Gasteiger partial charge on any atom is -0.491 e. The molecule has 0 aliphatic heterocycles. The molecule has 27 heavy (non-hydrogen) atoms. The van der Waals surface area contributed by atoms with E-state index in [1.165, 1.54) is 5.56 Å². The Hall–Kier alpha value is -3.08. The minimum atomic E-state index is -0.0927. The number of imidazole rings is 1. The van der Waals surface area contributed by atoms with Crippen molar-refractivity contribution >= 4 is 5.91 Å². The molecule has 0 aliphatic carbocycles. The smallest absolute Gasteiger partial charge is 0.251 e. The van der Waals surface area contributed by atoms with Gasteiger partial charge in [-0.3, -0.25) is 4.79 Å². The van der Waals surface area contributed by atoms with Crippen LogP contribution in [0.3, 0.4) is 0 Å². The van der Waals surface area contributed by atoms with Crippen LogP contribution in [0.25, 0.3) is 0 Å². The van der Waals surface area contributed by atoms with Crippen LogP contribution in [0.15, 0.2) is 54.9 Å². The van der Waals surface area contributed by atoms with E-state index in [9.17, 15) is 4.79 Å². The molecule has 3 aromatic rings. The van der Waals surface area contributed by atoms with Crippen molar-refractivity contribution in [3.63, 3.8) is 0 Å². The van der Waals surface area contributed by atoms with Crippen molar-refractivity contribution in [1.82, 2.24) is 14.9 Å². The van der Waals surface area contributed by atoms with Gasteiger partial charge < -0.3 is 14.6 Å². The molecule has 0 saturated carbocycles. The van der Waals surface area contributed by atoms with Gasteiger partial charge in [-0.15, -0.1) is 0 Å².